The lowest BCUT2D eigenvalue weighted by Gasteiger charge is -2.13. The standard InChI is InChI=1S/C17H13BrClF2NO5/c1-9(25-15(23)7-4-11-3-6-14(18)26-11)16(24)22-10-2-5-13(12(19)8-10)27-17(20)21/h2-9,17H,1H3,(H,22,24)/b7-4+. The Morgan fingerprint density at radius 3 is 2.63 bits per heavy atom. The first-order valence-electron chi connectivity index (χ1n) is 7.44. The van der Waals surface area contributed by atoms with Crippen LogP contribution in [0, 0.1) is 0 Å². The highest BCUT2D eigenvalue weighted by Gasteiger charge is 2.18. The molecule has 0 fully saturated rings. The van der Waals surface area contributed by atoms with Crippen molar-refractivity contribution in [2.75, 3.05) is 5.32 Å². The van der Waals surface area contributed by atoms with E-state index in [2.05, 4.69) is 26.0 Å². The van der Waals surface area contributed by atoms with Gasteiger partial charge >= 0.3 is 12.6 Å². The van der Waals surface area contributed by atoms with Gasteiger partial charge in [0.1, 0.15) is 11.5 Å². The van der Waals surface area contributed by atoms with Crippen molar-refractivity contribution in [1.82, 2.24) is 0 Å². The number of amides is 1. The van der Waals surface area contributed by atoms with Crippen molar-refractivity contribution in [1.29, 1.82) is 0 Å². The maximum absolute atomic E-state index is 12.2. The number of halogens is 4. The Labute approximate surface area is 166 Å². The zero-order valence-electron chi connectivity index (χ0n) is 13.7. The van der Waals surface area contributed by atoms with Crippen LogP contribution in [0.2, 0.25) is 5.02 Å². The average Bonchev–Trinajstić information content (AvgIpc) is 3.00. The highest BCUT2D eigenvalue weighted by molar-refractivity contribution is 9.10. The monoisotopic (exact) mass is 463 g/mol. The topological polar surface area (TPSA) is 77.8 Å². The van der Waals surface area contributed by atoms with Crippen LogP contribution < -0.4 is 10.1 Å². The number of benzene rings is 1. The molecule has 6 nitrogen and oxygen atoms in total. The minimum absolute atomic E-state index is 0.106. The van der Waals surface area contributed by atoms with Gasteiger partial charge in [-0.2, -0.15) is 8.78 Å². The lowest BCUT2D eigenvalue weighted by molar-refractivity contribution is -0.148. The van der Waals surface area contributed by atoms with E-state index in [1.54, 1.807) is 12.1 Å². The molecule has 0 saturated heterocycles. The summed E-state index contributed by atoms with van der Waals surface area (Å²) in [7, 11) is 0. The van der Waals surface area contributed by atoms with Crippen LogP contribution in [0.4, 0.5) is 14.5 Å². The van der Waals surface area contributed by atoms with Crippen LogP contribution in [0.15, 0.2) is 45.5 Å². The van der Waals surface area contributed by atoms with Gasteiger partial charge in [0.2, 0.25) is 0 Å². The molecule has 0 aliphatic rings. The summed E-state index contributed by atoms with van der Waals surface area (Å²) in [6.45, 7) is -1.64. The van der Waals surface area contributed by atoms with Gasteiger partial charge in [-0.05, 0) is 59.3 Å². The fourth-order valence-electron chi connectivity index (χ4n) is 1.85. The third-order valence-corrected chi connectivity index (χ3v) is 3.78. The van der Waals surface area contributed by atoms with Crippen molar-refractivity contribution in [3.63, 3.8) is 0 Å². The molecule has 0 spiro atoms. The van der Waals surface area contributed by atoms with Gasteiger partial charge in [0, 0.05) is 11.8 Å². The number of hydrogen-bond donors (Lipinski definition) is 1. The average molecular weight is 465 g/mol. The lowest BCUT2D eigenvalue weighted by atomic mass is 10.2. The number of carbonyl (C=O) groups is 2. The maximum atomic E-state index is 12.2. The number of hydrogen-bond acceptors (Lipinski definition) is 5. The van der Waals surface area contributed by atoms with E-state index >= 15 is 0 Å². The third kappa shape index (κ3) is 6.69. The molecule has 27 heavy (non-hydrogen) atoms. The number of esters is 1. The number of nitrogens with one attached hydrogen (secondary N) is 1. The molecule has 10 heteroatoms. The summed E-state index contributed by atoms with van der Waals surface area (Å²) < 4.78 is 39.3. The Bertz CT molecular complexity index is 856. The molecule has 1 aromatic carbocycles. The Morgan fingerprint density at radius 1 is 1.30 bits per heavy atom. The van der Waals surface area contributed by atoms with Crippen LogP contribution in [-0.4, -0.2) is 24.6 Å². The zero-order chi connectivity index (χ0) is 20.0. The molecule has 0 bridgehead atoms. The van der Waals surface area contributed by atoms with Crippen molar-refractivity contribution in [2.24, 2.45) is 0 Å². The van der Waals surface area contributed by atoms with E-state index in [-0.39, 0.29) is 16.5 Å². The fraction of sp³-hybridized carbons (Fsp3) is 0.176. The third-order valence-electron chi connectivity index (χ3n) is 3.06. The normalized spacial score (nSPS) is 12.2. The largest absolute Gasteiger partial charge is 0.450 e. The minimum atomic E-state index is -3.02. The van der Waals surface area contributed by atoms with Crippen LogP contribution in [0.5, 0.6) is 5.75 Å². The van der Waals surface area contributed by atoms with Gasteiger partial charge in [0.15, 0.2) is 10.8 Å². The van der Waals surface area contributed by atoms with E-state index < -0.39 is 24.6 Å². The smallest absolute Gasteiger partial charge is 0.387 e. The van der Waals surface area contributed by atoms with Crippen LogP contribution in [0.3, 0.4) is 0 Å². The summed E-state index contributed by atoms with van der Waals surface area (Å²) in [5.74, 6) is -1.17. The van der Waals surface area contributed by atoms with Gasteiger partial charge in [0.25, 0.3) is 5.91 Å². The van der Waals surface area contributed by atoms with E-state index in [1.807, 2.05) is 0 Å². The molecule has 1 N–H and O–H groups in total. The Morgan fingerprint density at radius 2 is 2.04 bits per heavy atom. The number of carbonyl (C=O) groups excluding carboxylic acids is 2. The lowest BCUT2D eigenvalue weighted by Crippen LogP contribution is -2.29. The molecule has 1 amide bonds. The van der Waals surface area contributed by atoms with E-state index in [0.29, 0.717) is 10.4 Å². The number of ether oxygens (including phenoxy) is 2. The molecule has 0 aliphatic heterocycles. The highest BCUT2D eigenvalue weighted by Crippen LogP contribution is 2.29. The van der Waals surface area contributed by atoms with Crippen molar-refractivity contribution in [3.05, 3.63) is 51.9 Å². The molecule has 144 valence electrons. The molecule has 0 aliphatic carbocycles. The first kappa shape index (κ1) is 20.9. The van der Waals surface area contributed by atoms with Crippen molar-refractivity contribution in [2.45, 2.75) is 19.6 Å². The first-order chi connectivity index (χ1) is 12.7. The molecule has 1 aromatic heterocycles. The molecular formula is C17H13BrClF2NO5. The molecule has 0 radical (unpaired) electrons. The minimum Gasteiger partial charge on any atom is -0.450 e. The Balaban J connectivity index is 1.90. The second-order valence-electron chi connectivity index (χ2n) is 5.07. The van der Waals surface area contributed by atoms with E-state index in [9.17, 15) is 18.4 Å². The summed E-state index contributed by atoms with van der Waals surface area (Å²) in [6.07, 6.45) is 1.39. The van der Waals surface area contributed by atoms with Crippen LogP contribution in [0.1, 0.15) is 12.7 Å². The Kier molecular flexibility index (Phi) is 7.37. The van der Waals surface area contributed by atoms with Crippen molar-refractivity contribution in [3.8, 4) is 5.75 Å². The quantitative estimate of drug-likeness (QED) is 0.467. The molecule has 0 saturated carbocycles. The van der Waals surface area contributed by atoms with E-state index in [4.69, 9.17) is 20.8 Å². The van der Waals surface area contributed by atoms with E-state index in [0.717, 1.165) is 6.08 Å². The summed E-state index contributed by atoms with van der Waals surface area (Å²) in [5, 5.41) is 2.35. The number of furan rings is 1. The molecule has 1 unspecified atom stereocenters. The summed E-state index contributed by atoms with van der Waals surface area (Å²) in [6, 6.07) is 7.04. The zero-order valence-corrected chi connectivity index (χ0v) is 16.1. The highest BCUT2D eigenvalue weighted by atomic mass is 79.9. The molecular weight excluding hydrogens is 452 g/mol. The second-order valence-corrected chi connectivity index (χ2v) is 6.26. The van der Waals surface area contributed by atoms with Crippen molar-refractivity contribution < 1.29 is 32.3 Å². The Hall–Kier alpha value is -2.39. The predicted molar refractivity (Wildman–Crippen MR) is 97.7 cm³/mol. The van der Waals surface area contributed by atoms with Crippen molar-refractivity contribution >= 4 is 51.2 Å². The first-order valence-corrected chi connectivity index (χ1v) is 8.61. The molecule has 2 aromatic rings. The number of rotatable bonds is 7. The fourth-order valence-corrected chi connectivity index (χ4v) is 2.39. The van der Waals surface area contributed by atoms with Crippen LogP contribution in [-0.2, 0) is 14.3 Å². The summed E-state index contributed by atoms with van der Waals surface area (Å²) in [4.78, 5) is 23.8. The van der Waals surface area contributed by atoms with E-state index in [1.165, 1.54) is 31.2 Å². The molecule has 2 rings (SSSR count). The summed E-state index contributed by atoms with van der Waals surface area (Å²) >= 11 is 8.93. The number of anilines is 1. The van der Waals surface area contributed by atoms with Crippen LogP contribution >= 0.6 is 27.5 Å². The summed E-state index contributed by atoms with van der Waals surface area (Å²) in [5.41, 5.74) is 0.227. The van der Waals surface area contributed by atoms with Gasteiger partial charge in [0.05, 0.1) is 5.02 Å². The predicted octanol–water partition coefficient (Wildman–Crippen LogP) is 4.88. The second kappa shape index (κ2) is 9.52. The van der Waals surface area contributed by atoms with Gasteiger partial charge in [-0.15, -0.1) is 0 Å². The van der Waals surface area contributed by atoms with Crippen LogP contribution in [0.25, 0.3) is 6.08 Å². The van der Waals surface area contributed by atoms with Gasteiger partial charge < -0.3 is 19.2 Å². The molecule has 1 heterocycles. The number of alkyl halides is 2. The van der Waals surface area contributed by atoms with Gasteiger partial charge in [-0.25, -0.2) is 4.79 Å². The van der Waals surface area contributed by atoms with Gasteiger partial charge in [-0.3, -0.25) is 4.79 Å². The van der Waals surface area contributed by atoms with Gasteiger partial charge in [-0.1, -0.05) is 11.6 Å². The molecule has 1 atom stereocenters. The maximum Gasteiger partial charge on any atom is 0.387 e. The SMILES string of the molecule is CC(OC(=O)/C=C/c1ccc(Br)o1)C(=O)Nc1ccc(OC(F)F)c(Cl)c1.